The molecular weight excluding hydrogens is 360 g/mol. The molecule has 0 spiro atoms. The standard InChI is InChI=1S/C22H25ClN2O2/c23-19-7-5-18(6-8-19)22(9-2-10-22)21(26)24-20-4-1-3-17(15-20)16-25-11-13-27-14-12-25/h1,3-8,15H,2,9-14,16H2,(H,24,26). The number of carbonyl (C=O) groups excluding carboxylic acids is 1. The topological polar surface area (TPSA) is 41.6 Å². The quantitative estimate of drug-likeness (QED) is 0.838. The zero-order chi connectivity index (χ0) is 18.7. The van der Waals surface area contributed by atoms with Crippen LogP contribution < -0.4 is 5.32 Å². The first kappa shape index (κ1) is 18.5. The van der Waals surface area contributed by atoms with Crippen LogP contribution in [0, 0.1) is 0 Å². The summed E-state index contributed by atoms with van der Waals surface area (Å²) in [5, 5.41) is 3.86. The number of morpholine rings is 1. The van der Waals surface area contributed by atoms with Crippen LogP contribution in [0.25, 0.3) is 0 Å². The summed E-state index contributed by atoms with van der Waals surface area (Å²) in [6, 6.07) is 15.9. The molecule has 0 bridgehead atoms. The highest BCUT2D eigenvalue weighted by molar-refractivity contribution is 6.30. The molecule has 2 aromatic rings. The molecule has 0 unspecified atom stereocenters. The Kier molecular flexibility index (Phi) is 5.48. The Bertz CT molecular complexity index is 796. The van der Waals surface area contributed by atoms with Crippen LogP contribution in [0.2, 0.25) is 5.02 Å². The fourth-order valence-corrected chi connectivity index (χ4v) is 4.09. The van der Waals surface area contributed by atoms with Crippen LogP contribution in [-0.2, 0) is 21.5 Å². The predicted molar refractivity (Wildman–Crippen MR) is 108 cm³/mol. The zero-order valence-electron chi connectivity index (χ0n) is 15.4. The van der Waals surface area contributed by atoms with Crippen molar-refractivity contribution in [3.8, 4) is 0 Å². The van der Waals surface area contributed by atoms with E-state index in [1.54, 1.807) is 0 Å². The molecular formula is C22H25ClN2O2. The number of amides is 1. The maximum absolute atomic E-state index is 13.1. The van der Waals surface area contributed by atoms with Gasteiger partial charge in [0.2, 0.25) is 5.91 Å². The number of benzene rings is 2. The van der Waals surface area contributed by atoms with Gasteiger partial charge in [0.05, 0.1) is 18.6 Å². The molecule has 1 amide bonds. The molecule has 4 nitrogen and oxygen atoms in total. The molecule has 27 heavy (non-hydrogen) atoms. The summed E-state index contributed by atoms with van der Waals surface area (Å²) < 4.78 is 5.41. The lowest BCUT2D eigenvalue weighted by molar-refractivity contribution is -0.124. The minimum absolute atomic E-state index is 0.0830. The summed E-state index contributed by atoms with van der Waals surface area (Å²) in [7, 11) is 0. The summed E-state index contributed by atoms with van der Waals surface area (Å²) in [6.45, 7) is 4.38. The van der Waals surface area contributed by atoms with E-state index in [-0.39, 0.29) is 5.91 Å². The van der Waals surface area contributed by atoms with E-state index in [9.17, 15) is 4.79 Å². The Morgan fingerprint density at radius 2 is 1.85 bits per heavy atom. The molecule has 1 saturated carbocycles. The second kappa shape index (κ2) is 8.01. The van der Waals surface area contributed by atoms with Crippen LogP contribution in [0.1, 0.15) is 30.4 Å². The Morgan fingerprint density at radius 1 is 1.11 bits per heavy atom. The van der Waals surface area contributed by atoms with Gasteiger partial charge in [0.15, 0.2) is 0 Å². The number of carbonyl (C=O) groups is 1. The van der Waals surface area contributed by atoms with Gasteiger partial charge >= 0.3 is 0 Å². The van der Waals surface area contributed by atoms with E-state index in [2.05, 4.69) is 22.3 Å². The minimum Gasteiger partial charge on any atom is -0.379 e. The molecule has 1 heterocycles. The van der Waals surface area contributed by atoms with Gasteiger partial charge in [-0.25, -0.2) is 0 Å². The predicted octanol–water partition coefficient (Wildman–Crippen LogP) is 4.23. The van der Waals surface area contributed by atoms with Crippen molar-refractivity contribution in [3.63, 3.8) is 0 Å². The molecule has 1 aliphatic heterocycles. The Balaban J connectivity index is 1.47. The summed E-state index contributed by atoms with van der Waals surface area (Å²) in [5.41, 5.74) is 2.71. The third-order valence-corrected chi connectivity index (χ3v) is 5.99. The number of hydrogen-bond donors (Lipinski definition) is 1. The van der Waals surface area contributed by atoms with Crippen LogP contribution in [0.4, 0.5) is 5.69 Å². The summed E-state index contributed by atoms with van der Waals surface area (Å²) in [4.78, 5) is 15.5. The highest BCUT2D eigenvalue weighted by Gasteiger charge is 2.45. The van der Waals surface area contributed by atoms with Crippen LogP contribution in [0.15, 0.2) is 48.5 Å². The molecule has 1 N–H and O–H groups in total. The summed E-state index contributed by atoms with van der Waals surface area (Å²) in [6.07, 6.45) is 2.84. The molecule has 2 aromatic carbocycles. The Hall–Kier alpha value is -1.88. The largest absolute Gasteiger partial charge is 0.379 e. The highest BCUT2D eigenvalue weighted by atomic mass is 35.5. The van der Waals surface area contributed by atoms with Crippen molar-refractivity contribution < 1.29 is 9.53 Å². The number of rotatable bonds is 5. The zero-order valence-corrected chi connectivity index (χ0v) is 16.2. The Morgan fingerprint density at radius 3 is 2.52 bits per heavy atom. The number of nitrogens with one attached hydrogen (secondary N) is 1. The van der Waals surface area contributed by atoms with Crippen molar-refractivity contribution in [1.82, 2.24) is 4.90 Å². The van der Waals surface area contributed by atoms with Gasteiger partial charge in [0, 0.05) is 30.3 Å². The molecule has 1 saturated heterocycles. The number of halogens is 1. The number of hydrogen-bond acceptors (Lipinski definition) is 3. The number of ether oxygens (including phenoxy) is 1. The van der Waals surface area contributed by atoms with E-state index in [1.165, 1.54) is 5.56 Å². The van der Waals surface area contributed by atoms with E-state index < -0.39 is 5.41 Å². The van der Waals surface area contributed by atoms with Gasteiger partial charge in [-0.15, -0.1) is 0 Å². The molecule has 2 aliphatic rings. The van der Waals surface area contributed by atoms with Gasteiger partial charge in [0.1, 0.15) is 0 Å². The third kappa shape index (κ3) is 4.03. The van der Waals surface area contributed by atoms with Gasteiger partial charge in [-0.1, -0.05) is 42.3 Å². The first-order valence-electron chi connectivity index (χ1n) is 9.62. The maximum Gasteiger partial charge on any atom is 0.235 e. The van der Waals surface area contributed by atoms with Crippen LogP contribution in [-0.4, -0.2) is 37.1 Å². The van der Waals surface area contributed by atoms with Gasteiger partial charge in [0.25, 0.3) is 0 Å². The van der Waals surface area contributed by atoms with Crippen molar-refractivity contribution in [1.29, 1.82) is 0 Å². The van der Waals surface area contributed by atoms with Crippen LogP contribution in [0.3, 0.4) is 0 Å². The normalized spacial score (nSPS) is 19.3. The lowest BCUT2D eigenvalue weighted by atomic mass is 9.64. The second-order valence-electron chi connectivity index (χ2n) is 7.49. The lowest BCUT2D eigenvalue weighted by Gasteiger charge is -2.40. The molecule has 2 fully saturated rings. The van der Waals surface area contributed by atoms with Crippen molar-refractivity contribution in [2.75, 3.05) is 31.6 Å². The molecule has 0 aromatic heterocycles. The van der Waals surface area contributed by atoms with Crippen molar-refractivity contribution >= 4 is 23.2 Å². The molecule has 0 atom stereocenters. The maximum atomic E-state index is 13.1. The monoisotopic (exact) mass is 384 g/mol. The van der Waals surface area contributed by atoms with Gasteiger partial charge in [-0.2, -0.15) is 0 Å². The molecule has 1 aliphatic carbocycles. The van der Waals surface area contributed by atoms with E-state index in [4.69, 9.17) is 16.3 Å². The molecule has 0 radical (unpaired) electrons. The fraction of sp³-hybridized carbons (Fsp3) is 0.409. The average Bonchev–Trinajstić information content (AvgIpc) is 2.63. The van der Waals surface area contributed by atoms with Crippen molar-refractivity contribution in [2.24, 2.45) is 0 Å². The summed E-state index contributed by atoms with van der Waals surface area (Å²) >= 11 is 6.02. The fourth-order valence-electron chi connectivity index (χ4n) is 3.96. The Labute approximate surface area is 165 Å². The molecule has 5 heteroatoms. The van der Waals surface area contributed by atoms with Gasteiger partial charge < -0.3 is 10.1 Å². The van der Waals surface area contributed by atoms with Gasteiger partial charge in [-0.3, -0.25) is 9.69 Å². The SMILES string of the molecule is O=C(Nc1cccc(CN2CCOCC2)c1)C1(c2ccc(Cl)cc2)CCC1. The second-order valence-corrected chi connectivity index (χ2v) is 7.92. The van der Waals surface area contributed by atoms with Crippen molar-refractivity contribution in [3.05, 3.63) is 64.7 Å². The van der Waals surface area contributed by atoms with E-state index in [0.717, 1.165) is 63.4 Å². The number of nitrogens with zero attached hydrogens (tertiary/aromatic N) is 1. The average molecular weight is 385 g/mol. The smallest absolute Gasteiger partial charge is 0.235 e. The van der Waals surface area contributed by atoms with Crippen LogP contribution in [0.5, 0.6) is 0 Å². The first-order chi connectivity index (χ1) is 13.2. The van der Waals surface area contributed by atoms with E-state index in [0.29, 0.717) is 5.02 Å². The van der Waals surface area contributed by atoms with E-state index >= 15 is 0 Å². The van der Waals surface area contributed by atoms with E-state index in [1.807, 2.05) is 36.4 Å². The minimum atomic E-state index is -0.426. The number of anilines is 1. The van der Waals surface area contributed by atoms with Gasteiger partial charge in [-0.05, 0) is 48.2 Å². The summed E-state index contributed by atoms with van der Waals surface area (Å²) in [5.74, 6) is 0.0830. The molecule has 142 valence electrons. The highest BCUT2D eigenvalue weighted by Crippen LogP contribution is 2.44. The van der Waals surface area contributed by atoms with Crippen molar-refractivity contribution in [2.45, 2.75) is 31.2 Å². The third-order valence-electron chi connectivity index (χ3n) is 5.73. The first-order valence-corrected chi connectivity index (χ1v) is 10.0. The molecule has 4 rings (SSSR count). The lowest BCUT2D eigenvalue weighted by Crippen LogP contribution is -2.46. The van der Waals surface area contributed by atoms with Crippen LogP contribution >= 0.6 is 11.6 Å².